The van der Waals surface area contributed by atoms with Crippen LogP contribution >= 0.6 is 27.3 Å². The van der Waals surface area contributed by atoms with E-state index in [0.717, 1.165) is 11.0 Å². The first-order chi connectivity index (χ1) is 9.36. The van der Waals surface area contributed by atoms with Crippen LogP contribution in [0.4, 0.5) is 0 Å². The van der Waals surface area contributed by atoms with Crippen LogP contribution in [0.25, 0.3) is 0 Å². The van der Waals surface area contributed by atoms with Crippen LogP contribution in [0.3, 0.4) is 0 Å². The molecule has 0 fully saturated rings. The summed E-state index contributed by atoms with van der Waals surface area (Å²) in [6.45, 7) is 9.93. The van der Waals surface area contributed by atoms with Crippen molar-refractivity contribution in [2.45, 2.75) is 45.7 Å². The molecule has 1 unspecified atom stereocenters. The number of thiophene rings is 1. The summed E-state index contributed by atoms with van der Waals surface area (Å²) < 4.78 is 1.13. The van der Waals surface area contributed by atoms with E-state index in [4.69, 9.17) is 0 Å². The van der Waals surface area contributed by atoms with Gasteiger partial charge in [0.1, 0.15) is 0 Å². The van der Waals surface area contributed by atoms with Gasteiger partial charge in [-0.1, -0.05) is 48.8 Å². The maximum Gasteiger partial charge on any atom is 0.0305 e. The fourth-order valence-electron chi connectivity index (χ4n) is 2.02. The van der Waals surface area contributed by atoms with Gasteiger partial charge in [0.05, 0.1) is 0 Å². The average Bonchev–Trinajstić information content (AvgIpc) is 2.84. The molecule has 0 amide bonds. The lowest BCUT2D eigenvalue weighted by atomic mass is 9.95. The second-order valence-electron chi connectivity index (χ2n) is 6.17. The highest BCUT2D eigenvalue weighted by Gasteiger charge is 2.16. The molecule has 2 rings (SSSR count). The van der Waals surface area contributed by atoms with Crippen LogP contribution in [0, 0.1) is 0 Å². The Morgan fingerprint density at radius 2 is 1.95 bits per heavy atom. The minimum atomic E-state index is 0.249. The zero-order valence-corrected chi connectivity index (χ0v) is 14.9. The van der Waals surface area contributed by atoms with Gasteiger partial charge in [0.15, 0.2) is 0 Å². The van der Waals surface area contributed by atoms with Crippen molar-refractivity contribution in [1.29, 1.82) is 0 Å². The van der Waals surface area contributed by atoms with Gasteiger partial charge < -0.3 is 5.32 Å². The quantitative estimate of drug-likeness (QED) is 0.749. The number of nitrogens with one attached hydrogen (secondary N) is 1. The van der Waals surface area contributed by atoms with Gasteiger partial charge in [-0.15, -0.1) is 11.3 Å². The second-order valence-corrected chi connectivity index (χ2v) is 8.26. The maximum atomic E-state index is 3.60. The minimum absolute atomic E-state index is 0.249. The molecular weight excluding hydrogens is 330 g/mol. The predicted molar refractivity (Wildman–Crippen MR) is 92.4 cm³/mol. The van der Waals surface area contributed by atoms with Crippen molar-refractivity contribution in [3.8, 4) is 0 Å². The zero-order chi connectivity index (χ0) is 14.8. The summed E-state index contributed by atoms with van der Waals surface area (Å²) >= 11 is 5.43. The first kappa shape index (κ1) is 15.7. The Kier molecular flexibility index (Phi) is 5.05. The number of benzene rings is 1. The average molecular weight is 352 g/mol. The molecule has 0 spiro atoms. The number of halogens is 1. The SMILES string of the molecule is CC(NCc1ccc(C(C)(C)C)s1)c1cccc(Br)c1. The van der Waals surface area contributed by atoms with E-state index in [-0.39, 0.29) is 5.41 Å². The molecule has 0 radical (unpaired) electrons. The van der Waals surface area contributed by atoms with Gasteiger partial charge in [0, 0.05) is 26.8 Å². The fraction of sp³-hybridized carbons (Fsp3) is 0.412. The number of rotatable bonds is 4. The highest BCUT2D eigenvalue weighted by atomic mass is 79.9. The summed E-state index contributed by atoms with van der Waals surface area (Å²) in [6.07, 6.45) is 0. The van der Waals surface area contributed by atoms with Crippen molar-refractivity contribution in [3.05, 3.63) is 56.2 Å². The van der Waals surface area contributed by atoms with Crippen LogP contribution in [0.2, 0.25) is 0 Å². The van der Waals surface area contributed by atoms with Crippen molar-refractivity contribution in [1.82, 2.24) is 5.32 Å². The van der Waals surface area contributed by atoms with Crippen LogP contribution in [0.5, 0.6) is 0 Å². The zero-order valence-electron chi connectivity index (χ0n) is 12.5. The third kappa shape index (κ3) is 4.18. The maximum absolute atomic E-state index is 3.60. The lowest BCUT2D eigenvalue weighted by Crippen LogP contribution is -2.17. The standard InChI is InChI=1S/C17H22BrNS/c1-12(13-6-5-7-14(18)10-13)19-11-15-8-9-16(20-15)17(2,3)4/h5-10,12,19H,11H2,1-4H3. The highest BCUT2D eigenvalue weighted by molar-refractivity contribution is 9.10. The number of hydrogen-bond acceptors (Lipinski definition) is 2. The molecule has 0 aliphatic carbocycles. The summed E-state index contributed by atoms with van der Waals surface area (Å²) in [5, 5.41) is 3.60. The van der Waals surface area contributed by atoms with Crippen LogP contribution in [-0.4, -0.2) is 0 Å². The van der Waals surface area contributed by atoms with E-state index in [0.29, 0.717) is 6.04 Å². The second kappa shape index (κ2) is 6.42. The first-order valence-corrected chi connectivity index (χ1v) is 8.55. The molecule has 0 saturated heterocycles. The normalized spacial score (nSPS) is 13.4. The van der Waals surface area contributed by atoms with Crippen molar-refractivity contribution in [3.63, 3.8) is 0 Å². The fourth-order valence-corrected chi connectivity index (χ4v) is 3.46. The molecule has 1 heterocycles. The van der Waals surface area contributed by atoms with Gasteiger partial charge in [0.25, 0.3) is 0 Å². The predicted octanol–water partition coefficient (Wildman–Crippen LogP) is 5.66. The lowest BCUT2D eigenvalue weighted by molar-refractivity contribution is 0.578. The van der Waals surface area contributed by atoms with Crippen LogP contribution in [0.15, 0.2) is 40.9 Å². The smallest absolute Gasteiger partial charge is 0.0305 e. The third-order valence-electron chi connectivity index (χ3n) is 3.33. The number of hydrogen-bond donors (Lipinski definition) is 1. The van der Waals surface area contributed by atoms with E-state index >= 15 is 0 Å². The van der Waals surface area contributed by atoms with Gasteiger partial charge >= 0.3 is 0 Å². The van der Waals surface area contributed by atoms with Crippen molar-refractivity contribution in [2.75, 3.05) is 0 Å². The third-order valence-corrected chi connectivity index (χ3v) is 5.34. The van der Waals surface area contributed by atoms with Crippen LogP contribution in [0.1, 0.15) is 49.1 Å². The van der Waals surface area contributed by atoms with Gasteiger partial charge in [-0.2, -0.15) is 0 Å². The summed E-state index contributed by atoms with van der Waals surface area (Å²) in [7, 11) is 0. The largest absolute Gasteiger partial charge is 0.305 e. The van der Waals surface area contributed by atoms with Crippen molar-refractivity contribution < 1.29 is 0 Å². The monoisotopic (exact) mass is 351 g/mol. The van der Waals surface area contributed by atoms with E-state index in [1.807, 2.05) is 11.3 Å². The van der Waals surface area contributed by atoms with Crippen LogP contribution in [-0.2, 0) is 12.0 Å². The molecule has 1 nitrogen and oxygen atoms in total. The molecule has 1 aromatic heterocycles. The van der Waals surface area contributed by atoms with E-state index in [9.17, 15) is 0 Å². The minimum Gasteiger partial charge on any atom is -0.305 e. The summed E-state index contributed by atoms with van der Waals surface area (Å²) in [4.78, 5) is 2.85. The highest BCUT2D eigenvalue weighted by Crippen LogP contribution is 2.29. The van der Waals surface area contributed by atoms with Gasteiger partial charge in [-0.3, -0.25) is 0 Å². The molecule has 0 bridgehead atoms. The summed E-state index contributed by atoms with van der Waals surface area (Å²) in [6, 6.07) is 13.3. The molecule has 1 atom stereocenters. The molecule has 1 N–H and O–H groups in total. The molecule has 1 aromatic carbocycles. The molecule has 2 aromatic rings. The van der Waals surface area contributed by atoms with Crippen LogP contribution < -0.4 is 5.32 Å². The Hall–Kier alpha value is -0.640. The van der Waals surface area contributed by atoms with Crippen molar-refractivity contribution in [2.24, 2.45) is 0 Å². The van der Waals surface area contributed by atoms with Gasteiger partial charge in [-0.05, 0) is 42.2 Å². The van der Waals surface area contributed by atoms with E-state index in [1.165, 1.54) is 15.3 Å². The van der Waals surface area contributed by atoms with Crippen molar-refractivity contribution >= 4 is 27.3 Å². The molecule has 0 saturated carbocycles. The molecule has 20 heavy (non-hydrogen) atoms. The molecule has 3 heteroatoms. The van der Waals surface area contributed by atoms with Gasteiger partial charge in [0.2, 0.25) is 0 Å². The Balaban J connectivity index is 1.97. The Bertz CT molecular complexity index is 568. The van der Waals surface area contributed by atoms with E-state index < -0.39 is 0 Å². The Labute approximate surface area is 134 Å². The van der Waals surface area contributed by atoms with Gasteiger partial charge in [-0.25, -0.2) is 0 Å². The van der Waals surface area contributed by atoms with E-state index in [1.54, 1.807) is 0 Å². The molecular formula is C17H22BrNS. The molecule has 0 aliphatic rings. The Morgan fingerprint density at radius 3 is 2.55 bits per heavy atom. The topological polar surface area (TPSA) is 12.0 Å². The Morgan fingerprint density at radius 1 is 1.20 bits per heavy atom. The first-order valence-electron chi connectivity index (χ1n) is 6.94. The summed E-state index contributed by atoms with van der Waals surface area (Å²) in [5.74, 6) is 0. The molecule has 108 valence electrons. The van der Waals surface area contributed by atoms with E-state index in [2.05, 4.69) is 85.3 Å². The summed E-state index contributed by atoms with van der Waals surface area (Å²) in [5.41, 5.74) is 1.56. The lowest BCUT2D eigenvalue weighted by Gasteiger charge is -2.16. The molecule has 0 aliphatic heterocycles.